The van der Waals surface area contributed by atoms with Crippen molar-refractivity contribution < 1.29 is 14.2 Å². The third-order valence-corrected chi connectivity index (χ3v) is 2.13. The van der Waals surface area contributed by atoms with Gasteiger partial charge in [-0.05, 0) is 18.6 Å². The highest BCUT2D eigenvalue weighted by molar-refractivity contribution is 5.36. The molecule has 0 amide bonds. The largest absolute Gasteiger partial charge is 0.496 e. The Labute approximate surface area is 83.3 Å². The van der Waals surface area contributed by atoms with Crippen molar-refractivity contribution in [2.45, 2.75) is 25.9 Å². The van der Waals surface area contributed by atoms with Gasteiger partial charge in [0.05, 0.1) is 18.8 Å². The number of halogens is 1. The van der Waals surface area contributed by atoms with Crippen LogP contribution in [0.1, 0.15) is 31.4 Å². The summed E-state index contributed by atoms with van der Waals surface area (Å²) in [6.45, 7) is 1.94. The molecule has 0 fully saturated rings. The van der Waals surface area contributed by atoms with Crippen molar-refractivity contribution in [1.82, 2.24) is 0 Å². The predicted octanol–water partition coefficient (Wildman–Crippen LogP) is 2.67. The Morgan fingerprint density at radius 1 is 1.50 bits per heavy atom. The average Bonchev–Trinajstić information content (AvgIpc) is 2.17. The first-order chi connectivity index (χ1) is 6.70. The molecule has 3 heteroatoms. The van der Waals surface area contributed by atoms with Gasteiger partial charge in [0.2, 0.25) is 0 Å². The second-order valence-corrected chi connectivity index (χ2v) is 3.16. The van der Waals surface area contributed by atoms with Crippen molar-refractivity contribution in [3.63, 3.8) is 0 Å². The van der Waals surface area contributed by atoms with E-state index in [2.05, 4.69) is 0 Å². The van der Waals surface area contributed by atoms with Gasteiger partial charge < -0.3 is 9.84 Å². The number of benzene rings is 1. The Morgan fingerprint density at radius 3 is 2.79 bits per heavy atom. The molecule has 0 aliphatic heterocycles. The number of hydrogen-bond acceptors (Lipinski definition) is 2. The summed E-state index contributed by atoms with van der Waals surface area (Å²) in [4.78, 5) is 0. The SMILES string of the molecule is CCC[C@@H](O)c1c(F)cccc1OC. The van der Waals surface area contributed by atoms with Crippen LogP contribution in [0.4, 0.5) is 4.39 Å². The van der Waals surface area contributed by atoms with E-state index in [1.54, 1.807) is 12.1 Å². The molecule has 0 saturated heterocycles. The molecule has 0 aromatic heterocycles. The molecule has 2 nitrogen and oxygen atoms in total. The van der Waals surface area contributed by atoms with Crippen LogP contribution in [-0.2, 0) is 0 Å². The number of aliphatic hydroxyl groups excluding tert-OH is 1. The lowest BCUT2D eigenvalue weighted by Crippen LogP contribution is -2.03. The van der Waals surface area contributed by atoms with Crippen LogP contribution in [-0.4, -0.2) is 12.2 Å². The second kappa shape index (κ2) is 4.96. The summed E-state index contributed by atoms with van der Waals surface area (Å²) in [6, 6.07) is 4.55. The molecule has 0 unspecified atom stereocenters. The molecule has 1 atom stereocenters. The van der Waals surface area contributed by atoms with Crippen molar-refractivity contribution in [3.05, 3.63) is 29.6 Å². The maximum atomic E-state index is 13.4. The molecule has 0 saturated carbocycles. The Morgan fingerprint density at radius 2 is 2.21 bits per heavy atom. The van der Waals surface area contributed by atoms with E-state index in [1.807, 2.05) is 6.92 Å². The van der Waals surface area contributed by atoms with Gasteiger partial charge in [-0.1, -0.05) is 19.4 Å². The molecule has 1 aromatic carbocycles. The van der Waals surface area contributed by atoms with Crippen LogP contribution in [0.2, 0.25) is 0 Å². The molecule has 0 radical (unpaired) electrons. The Balaban J connectivity index is 3.03. The van der Waals surface area contributed by atoms with E-state index in [0.717, 1.165) is 6.42 Å². The number of hydrogen-bond donors (Lipinski definition) is 1. The number of methoxy groups -OCH3 is 1. The van der Waals surface area contributed by atoms with Gasteiger partial charge in [0.25, 0.3) is 0 Å². The van der Waals surface area contributed by atoms with Gasteiger partial charge in [0.1, 0.15) is 11.6 Å². The Bertz CT molecular complexity index is 299. The number of aliphatic hydroxyl groups is 1. The normalized spacial score (nSPS) is 12.6. The minimum Gasteiger partial charge on any atom is -0.496 e. The fraction of sp³-hybridized carbons (Fsp3) is 0.455. The first kappa shape index (κ1) is 11.0. The van der Waals surface area contributed by atoms with E-state index < -0.39 is 11.9 Å². The molecular weight excluding hydrogens is 183 g/mol. The van der Waals surface area contributed by atoms with Crippen LogP contribution in [0.5, 0.6) is 5.75 Å². The fourth-order valence-corrected chi connectivity index (χ4v) is 1.44. The maximum Gasteiger partial charge on any atom is 0.132 e. The summed E-state index contributed by atoms with van der Waals surface area (Å²) in [6.07, 6.45) is 0.562. The standard InChI is InChI=1S/C11H15FO2/c1-3-5-9(13)11-8(12)6-4-7-10(11)14-2/h4,6-7,9,13H,3,5H2,1-2H3/t9-/m1/s1. The monoisotopic (exact) mass is 198 g/mol. The summed E-state index contributed by atoms with van der Waals surface area (Å²) in [7, 11) is 1.47. The number of ether oxygens (including phenoxy) is 1. The highest BCUT2D eigenvalue weighted by atomic mass is 19.1. The van der Waals surface area contributed by atoms with Crippen LogP contribution in [0, 0.1) is 5.82 Å². The summed E-state index contributed by atoms with van der Waals surface area (Å²) in [5, 5.41) is 9.69. The van der Waals surface area contributed by atoms with Crippen LogP contribution in [0.25, 0.3) is 0 Å². The van der Waals surface area contributed by atoms with Crippen molar-refractivity contribution in [2.24, 2.45) is 0 Å². The van der Waals surface area contributed by atoms with E-state index in [0.29, 0.717) is 12.2 Å². The molecule has 0 heterocycles. The predicted molar refractivity (Wildman–Crippen MR) is 52.8 cm³/mol. The lowest BCUT2D eigenvalue weighted by Gasteiger charge is -2.14. The van der Waals surface area contributed by atoms with E-state index in [1.165, 1.54) is 13.2 Å². The van der Waals surface area contributed by atoms with E-state index >= 15 is 0 Å². The lowest BCUT2D eigenvalue weighted by atomic mass is 10.0. The first-order valence-electron chi connectivity index (χ1n) is 4.71. The fourth-order valence-electron chi connectivity index (χ4n) is 1.44. The van der Waals surface area contributed by atoms with Gasteiger partial charge in [0.15, 0.2) is 0 Å². The zero-order valence-corrected chi connectivity index (χ0v) is 8.46. The molecule has 78 valence electrons. The van der Waals surface area contributed by atoms with Gasteiger partial charge in [0, 0.05) is 0 Å². The summed E-state index contributed by atoms with van der Waals surface area (Å²) >= 11 is 0. The Hall–Kier alpha value is -1.09. The number of rotatable bonds is 4. The van der Waals surface area contributed by atoms with Crippen molar-refractivity contribution in [3.8, 4) is 5.75 Å². The first-order valence-corrected chi connectivity index (χ1v) is 4.71. The molecule has 0 aliphatic rings. The van der Waals surface area contributed by atoms with Gasteiger partial charge in [-0.3, -0.25) is 0 Å². The molecule has 14 heavy (non-hydrogen) atoms. The van der Waals surface area contributed by atoms with Crippen LogP contribution in [0.3, 0.4) is 0 Å². The summed E-state index contributed by atoms with van der Waals surface area (Å²) in [5.41, 5.74) is 0.261. The van der Waals surface area contributed by atoms with Gasteiger partial charge >= 0.3 is 0 Å². The average molecular weight is 198 g/mol. The van der Waals surface area contributed by atoms with Gasteiger partial charge in [-0.2, -0.15) is 0 Å². The van der Waals surface area contributed by atoms with Crippen LogP contribution >= 0.6 is 0 Å². The molecule has 1 rings (SSSR count). The van der Waals surface area contributed by atoms with E-state index in [4.69, 9.17) is 4.74 Å². The molecule has 1 aromatic rings. The molecule has 1 N–H and O–H groups in total. The third-order valence-electron chi connectivity index (χ3n) is 2.13. The third kappa shape index (κ3) is 2.23. The zero-order chi connectivity index (χ0) is 10.6. The summed E-state index contributed by atoms with van der Waals surface area (Å²) in [5.74, 6) is -0.00347. The lowest BCUT2D eigenvalue weighted by molar-refractivity contribution is 0.157. The van der Waals surface area contributed by atoms with Gasteiger partial charge in [-0.25, -0.2) is 4.39 Å². The minimum atomic E-state index is -0.781. The maximum absolute atomic E-state index is 13.4. The van der Waals surface area contributed by atoms with Crippen molar-refractivity contribution in [1.29, 1.82) is 0 Å². The van der Waals surface area contributed by atoms with Crippen LogP contribution < -0.4 is 4.74 Å². The molecular formula is C11H15FO2. The molecule has 0 bridgehead atoms. The van der Waals surface area contributed by atoms with Gasteiger partial charge in [-0.15, -0.1) is 0 Å². The second-order valence-electron chi connectivity index (χ2n) is 3.16. The quantitative estimate of drug-likeness (QED) is 0.806. The van der Waals surface area contributed by atoms with Crippen molar-refractivity contribution in [2.75, 3.05) is 7.11 Å². The van der Waals surface area contributed by atoms with E-state index in [9.17, 15) is 9.50 Å². The van der Waals surface area contributed by atoms with Crippen molar-refractivity contribution >= 4 is 0 Å². The van der Waals surface area contributed by atoms with Crippen LogP contribution in [0.15, 0.2) is 18.2 Å². The summed E-state index contributed by atoms with van der Waals surface area (Å²) < 4.78 is 18.4. The topological polar surface area (TPSA) is 29.5 Å². The minimum absolute atomic E-state index is 0.261. The highest BCUT2D eigenvalue weighted by Gasteiger charge is 2.16. The molecule has 0 aliphatic carbocycles. The zero-order valence-electron chi connectivity index (χ0n) is 8.46. The molecule has 0 spiro atoms. The van der Waals surface area contributed by atoms with E-state index in [-0.39, 0.29) is 5.56 Å². The Kier molecular flexibility index (Phi) is 3.89. The smallest absolute Gasteiger partial charge is 0.132 e. The highest BCUT2D eigenvalue weighted by Crippen LogP contribution is 2.30.